The first-order valence-corrected chi connectivity index (χ1v) is 13.5. The maximum Gasteiger partial charge on any atom is 0.306 e. The van der Waals surface area contributed by atoms with E-state index in [-0.39, 0.29) is 61.3 Å². The van der Waals surface area contributed by atoms with Crippen LogP contribution in [0.5, 0.6) is 0 Å². The van der Waals surface area contributed by atoms with Gasteiger partial charge in [-0.3, -0.25) is 24.5 Å². The highest BCUT2D eigenvalue weighted by atomic mass is 32.2. The van der Waals surface area contributed by atoms with Crippen LogP contribution in [0.15, 0.2) is 35.2 Å². The van der Waals surface area contributed by atoms with Crippen LogP contribution in [-0.4, -0.2) is 73.0 Å². The number of sulfonamides is 1. The Hall–Kier alpha value is -3.64. The number of nitro benzene ring substituents is 1. The highest BCUT2D eigenvalue weighted by Crippen LogP contribution is 2.26. The van der Waals surface area contributed by atoms with Gasteiger partial charge in [-0.25, -0.2) is 8.42 Å². The van der Waals surface area contributed by atoms with Crippen LogP contribution >= 0.6 is 0 Å². The van der Waals surface area contributed by atoms with E-state index in [0.29, 0.717) is 11.1 Å². The molecule has 1 heterocycles. The Morgan fingerprint density at radius 3 is 2.11 bits per heavy atom. The van der Waals surface area contributed by atoms with E-state index in [2.05, 4.69) is 0 Å². The Morgan fingerprint density at radius 1 is 0.921 bits per heavy atom. The molecule has 1 aliphatic heterocycles. The molecule has 2 aromatic carbocycles. The molecule has 0 unspecified atom stereocenters. The summed E-state index contributed by atoms with van der Waals surface area (Å²) in [6.07, 6.45) is -0.338. The number of piperazine rings is 1. The average Bonchev–Trinajstić information content (AvgIpc) is 2.85. The first kappa shape index (κ1) is 28.9. The lowest BCUT2D eigenvalue weighted by Crippen LogP contribution is -2.50. The minimum absolute atomic E-state index is 0.0183. The Labute approximate surface area is 221 Å². The molecule has 0 aromatic heterocycles. The molecule has 0 saturated carbocycles. The third kappa shape index (κ3) is 6.62. The van der Waals surface area contributed by atoms with E-state index in [4.69, 9.17) is 4.74 Å². The zero-order chi connectivity index (χ0) is 28.2. The molecule has 3 rings (SSSR count). The van der Waals surface area contributed by atoms with Crippen molar-refractivity contribution < 1.29 is 32.5 Å². The molecule has 0 atom stereocenters. The van der Waals surface area contributed by atoms with E-state index in [1.807, 2.05) is 32.9 Å². The number of ketones is 1. The number of rotatable bonds is 9. The number of Topliss-reactive ketones (excluding diaryl/α,β-unsaturated/α-hetero) is 1. The molecule has 1 amide bonds. The molecular formula is C26H31N3O8S. The van der Waals surface area contributed by atoms with E-state index < -0.39 is 27.5 Å². The van der Waals surface area contributed by atoms with Gasteiger partial charge in [0.25, 0.3) is 5.69 Å². The van der Waals surface area contributed by atoms with Crippen molar-refractivity contribution in [1.82, 2.24) is 9.21 Å². The summed E-state index contributed by atoms with van der Waals surface area (Å²) < 4.78 is 32.4. The molecule has 0 radical (unpaired) electrons. The van der Waals surface area contributed by atoms with Gasteiger partial charge in [-0.1, -0.05) is 23.8 Å². The van der Waals surface area contributed by atoms with Gasteiger partial charge in [0.05, 0.1) is 16.2 Å². The number of hydrogen-bond donors (Lipinski definition) is 0. The number of hydrogen-bond acceptors (Lipinski definition) is 8. The lowest BCUT2D eigenvalue weighted by molar-refractivity contribution is -0.385. The average molecular weight is 546 g/mol. The smallest absolute Gasteiger partial charge is 0.306 e. The van der Waals surface area contributed by atoms with E-state index >= 15 is 0 Å². The summed E-state index contributed by atoms with van der Waals surface area (Å²) in [5.41, 5.74) is 3.23. The second-order valence-corrected chi connectivity index (χ2v) is 11.3. The number of amides is 1. The minimum atomic E-state index is -3.99. The zero-order valence-corrected chi connectivity index (χ0v) is 22.7. The number of carbonyl (C=O) groups excluding carboxylic acids is 3. The van der Waals surface area contributed by atoms with Crippen molar-refractivity contribution in [2.24, 2.45) is 0 Å². The Morgan fingerprint density at radius 2 is 1.53 bits per heavy atom. The van der Waals surface area contributed by atoms with E-state index in [1.165, 1.54) is 21.3 Å². The Bertz CT molecular complexity index is 1360. The van der Waals surface area contributed by atoms with Gasteiger partial charge in [0.15, 0.2) is 6.61 Å². The summed E-state index contributed by atoms with van der Waals surface area (Å²) in [5, 5.41) is 11.1. The molecule has 204 valence electrons. The van der Waals surface area contributed by atoms with Crippen LogP contribution in [-0.2, 0) is 24.3 Å². The van der Waals surface area contributed by atoms with Crippen LogP contribution in [0.1, 0.15) is 45.5 Å². The van der Waals surface area contributed by atoms with Gasteiger partial charge in [0.2, 0.25) is 21.7 Å². The molecule has 12 heteroatoms. The van der Waals surface area contributed by atoms with Crippen LogP contribution in [0.3, 0.4) is 0 Å². The van der Waals surface area contributed by atoms with Crippen molar-refractivity contribution in [3.8, 4) is 0 Å². The molecule has 1 fully saturated rings. The van der Waals surface area contributed by atoms with Crippen molar-refractivity contribution in [2.75, 3.05) is 32.8 Å². The number of esters is 1. The van der Waals surface area contributed by atoms with E-state index in [0.717, 1.165) is 22.8 Å². The highest BCUT2D eigenvalue weighted by Gasteiger charge is 2.32. The van der Waals surface area contributed by atoms with Crippen molar-refractivity contribution in [3.05, 3.63) is 68.3 Å². The second-order valence-electron chi connectivity index (χ2n) is 9.35. The number of benzene rings is 2. The lowest BCUT2D eigenvalue weighted by Gasteiger charge is -2.34. The fourth-order valence-electron chi connectivity index (χ4n) is 4.57. The first-order valence-electron chi connectivity index (χ1n) is 12.1. The largest absolute Gasteiger partial charge is 0.457 e. The first-order chi connectivity index (χ1) is 17.8. The molecule has 0 N–H and O–H groups in total. The molecule has 1 aliphatic rings. The molecule has 0 bridgehead atoms. The summed E-state index contributed by atoms with van der Waals surface area (Å²) in [4.78, 5) is 49.0. The second kappa shape index (κ2) is 11.8. The number of nitro groups is 1. The lowest BCUT2D eigenvalue weighted by atomic mass is 9.97. The quantitative estimate of drug-likeness (QED) is 0.202. The van der Waals surface area contributed by atoms with Gasteiger partial charge in [-0.15, -0.1) is 0 Å². The summed E-state index contributed by atoms with van der Waals surface area (Å²) in [7, 11) is -3.99. The van der Waals surface area contributed by atoms with E-state index in [1.54, 1.807) is 6.92 Å². The molecule has 2 aromatic rings. The van der Waals surface area contributed by atoms with Gasteiger partial charge in [-0.2, -0.15) is 4.31 Å². The topological polar surface area (TPSA) is 144 Å². The third-order valence-corrected chi connectivity index (χ3v) is 8.50. The van der Waals surface area contributed by atoms with Crippen LogP contribution in [0.4, 0.5) is 5.69 Å². The van der Waals surface area contributed by atoms with Gasteiger partial charge in [0.1, 0.15) is 0 Å². The molecule has 1 saturated heterocycles. The predicted molar refractivity (Wildman–Crippen MR) is 138 cm³/mol. The number of carbonyl (C=O) groups is 3. The minimum Gasteiger partial charge on any atom is -0.457 e. The van der Waals surface area contributed by atoms with Gasteiger partial charge in [0, 0.05) is 50.3 Å². The van der Waals surface area contributed by atoms with Crippen molar-refractivity contribution >= 4 is 33.4 Å². The SMILES string of the molecule is Cc1cc(C)c(C(=O)COC(=O)CCC(=O)N2CCN(S(=O)(=O)c3cc([N+](=O)[O-])ccc3C)CC2)c(C)c1. The van der Waals surface area contributed by atoms with Crippen LogP contribution < -0.4 is 0 Å². The van der Waals surface area contributed by atoms with Crippen LogP contribution in [0, 0.1) is 37.8 Å². The number of non-ortho nitro benzene ring substituents is 1. The molecule has 38 heavy (non-hydrogen) atoms. The molecular weight excluding hydrogens is 514 g/mol. The Balaban J connectivity index is 1.49. The van der Waals surface area contributed by atoms with E-state index in [9.17, 15) is 32.9 Å². The van der Waals surface area contributed by atoms with Crippen LogP contribution in [0.25, 0.3) is 0 Å². The molecule has 0 spiro atoms. The monoisotopic (exact) mass is 545 g/mol. The van der Waals surface area contributed by atoms with Gasteiger partial charge < -0.3 is 9.64 Å². The maximum atomic E-state index is 13.1. The van der Waals surface area contributed by atoms with Crippen molar-refractivity contribution in [1.29, 1.82) is 0 Å². The van der Waals surface area contributed by atoms with Gasteiger partial charge in [-0.05, 0) is 44.4 Å². The maximum absolute atomic E-state index is 13.1. The fraction of sp³-hybridized carbons (Fsp3) is 0.423. The molecule has 0 aliphatic carbocycles. The van der Waals surface area contributed by atoms with Crippen LogP contribution in [0.2, 0.25) is 0 Å². The summed E-state index contributed by atoms with van der Waals surface area (Å²) in [6, 6.07) is 7.45. The number of aryl methyl sites for hydroxylation is 4. The summed E-state index contributed by atoms with van der Waals surface area (Å²) >= 11 is 0. The predicted octanol–water partition coefficient (Wildman–Crippen LogP) is 2.87. The summed E-state index contributed by atoms with van der Waals surface area (Å²) in [6.45, 7) is 7.00. The number of ether oxygens (including phenoxy) is 1. The van der Waals surface area contributed by atoms with Crippen molar-refractivity contribution in [2.45, 2.75) is 45.4 Å². The molecule has 11 nitrogen and oxygen atoms in total. The van der Waals surface area contributed by atoms with Gasteiger partial charge >= 0.3 is 5.97 Å². The normalized spacial score (nSPS) is 14.3. The summed E-state index contributed by atoms with van der Waals surface area (Å²) in [5.74, 6) is -1.31. The third-order valence-electron chi connectivity index (χ3n) is 6.45. The highest BCUT2D eigenvalue weighted by molar-refractivity contribution is 7.89. The van der Waals surface area contributed by atoms with Crippen molar-refractivity contribution in [3.63, 3.8) is 0 Å². The number of nitrogens with zero attached hydrogens (tertiary/aromatic N) is 3. The zero-order valence-electron chi connectivity index (χ0n) is 21.9. The fourth-order valence-corrected chi connectivity index (χ4v) is 6.24. The standard InChI is InChI=1S/C26H31N3O8S/c1-17-13-19(3)26(20(4)14-17)22(30)16-37-25(32)8-7-24(31)27-9-11-28(12-10-27)38(35,36)23-15-21(29(33)34)6-5-18(23)2/h5-6,13-15H,7-12,16H2,1-4H3. The Kier molecular flexibility index (Phi) is 9.00.